The molecule has 2 atom stereocenters. The smallest absolute Gasteiger partial charge is 0.274 e. The van der Waals surface area contributed by atoms with Gasteiger partial charge < -0.3 is 15.4 Å². The van der Waals surface area contributed by atoms with Crippen LogP contribution in [0, 0.1) is 0 Å². The number of aliphatic hydroxyl groups excluding tert-OH is 1. The number of rotatable bonds is 2. The first-order valence-electron chi connectivity index (χ1n) is 6.48. The van der Waals surface area contributed by atoms with Crippen molar-refractivity contribution in [2.75, 3.05) is 5.43 Å². The highest BCUT2D eigenvalue weighted by molar-refractivity contribution is 5.92. The predicted molar refractivity (Wildman–Crippen MR) is 68.1 cm³/mol. The number of amides is 1. The molecule has 2 aliphatic rings. The maximum absolute atomic E-state index is 12.5. The third-order valence-corrected chi connectivity index (χ3v) is 3.96. The van der Waals surface area contributed by atoms with E-state index in [1.54, 1.807) is 0 Å². The molecule has 7 nitrogen and oxygen atoms in total. The number of aromatic nitrogens is 2. The lowest BCUT2D eigenvalue weighted by atomic mass is 9.99. The van der Waals surface area contributed by atoms with Crippen LogP contribution in [-0.2, 0) is 0 Å². The van der Waals surface area contributed by atoms with Crippen molar-refractivity contribution in [3.8, 4) is 0 Å². The molecule has 4 N–H and O–H groups in total. The number of hydrogen-bond donors (Lipinski definition) is 3. The second-order valence-electron chi connectivity index (χ2n) is 5.15. The summed E-state index contributed by atoms with van der Waals surface area (Å²) in [6.07, 6.45) is 5.84. The second-order valence-corrected chi connectivity index (χ2v) is 5.15. The number of aliphatic hydroxyl groups is 1. The van der Waals surface area contributed by atoms with E-state index in [2.05, 4.69) is 15.4 Å². The highest BCUT2D eigenvalue weighted by Crippen LogP contribution is 2.36. The summed E-state index contributed by atoms with van der Waals surface area (Å²) in [4.78, 5) is 22.4. The summed E-state index contributed by atoms with van der Waals surface area (Å²) >= 11 is 0. The molecule has 2 bridgehead atoms. The second kappa shape index (κ2) is 4.75. The molecule has 0 spiro atoms. The van der Waals surface area contributed by atoms with Gasteiger partial charge in [-0.05, 0) is 25.7 Å². The number of carbonyl (C=O) groups is 1. The van der Waals surface area contributed by atoms with Gasteiger partial charge in [0, 0.05) is 12.1 Å². The van der Waals surface area contributed by atoms with Gasteiger partial charge in [0.15, 0.2) is 5.82 Å². The van der Waals surface area contributed by atoms with Crippen molar-refractivity contribution in [3.63, 3.8) is 0 Å². The number of anilines is 1. The number of nitrogens with zero attached hydrogens (tertiary/aromatic N) is 3. The Bertz CT molecular complexity index is 464. The summed E-state index contributed by atoms with van der Waals surface area (Å²) in [5.41, 5.74) is 2.70. The molecule has 2 fully saturated rings. The van der Waals surface area contributed by atoms with Gasteiger partial charge in [-0.15, -0.1) is 0 Å². The Labute approximate surface area is 110 Å². The molecule has 102 valence electrons. The molecule has 0 aliphatic carbocycles. The van der Waals surface area contributed by atoms with Crippen LogP contribution >= 0.6 is 0 Å². The van der Waals surface area contributed by atoms with Crippen LogP contribution in [0.5, 0.6) is 0 Å². The Morgan fingerprint density at radius 1 is 1.32 bits per heavy atom. The lowest BCUT2D eigenvalue weighted by Gasteiger charge is -2.36. The maximum atomic E-state index is 12.5. The molecule has 3 rings (SSSR count). The lowest BCUT2D eigenvalue weighted by Crippen LogP contribution is -2.48. The SMILES string of the molecule is NNc1cnc(C(=O)N2C3CCC2CC(O)C3)cn1. The van der Waals surface area contributed by atoms with E-state index in [0.717, 1.165) is 12.8 Å². The number of fused-ring (bicyclic) bond motifs is 2. The Morgan fingerprint density at radius 2 is 2.00 bits per heavy atom. The van der Waals surface area contributed by atoms with Crippen LogP contribution < -0.4 is 11.3 Å². The third-order valence-electron chi connectivity index (χ3n) is 3.96. The molecule has 1 amide bonds. The van der Waals surface area contributed by atoms with Gasteiger partial charge in [0.25, 0.3) is 5.91 Å². The van der Waals surface area contributed by atoms with Crippen LogP contribution in [0.2, 0.25) is 0 Å². The topological polar surface area (TPSA) is 104 Å². The molecule has 2 unspecified atom stereocenters. The van der Waals surface area contributed by atoms with E-state index in [4.69, 9.17) is 5.84 Å². The molecule has 0 radical (unpaired) electrons. The molecule has 19 heavy (non-hydrogen) atoms. The van der Waals surface area contributed by atoms with E-state index < -0.39 is 0 Å². The number of nitrogens with one attached hydrogen (secondary N) is 1. The number of carbonyl (C=O) groups excluding carboxylic acids is 1. The molecule has 3 heterocycles. The number of piperidine rings is 1. The van der Waals surface area contributed by atoms with Crippen molar-refractivity contribution >= 4 is 11.7 Å². The van der Waals surface area contributed by atoms with Crippen LogP contribution in [-0.4, -0.2) is 44.1 Å². The van der Waals surface area contributed by atoms with Crippen molar-refractivity contribution in [1.29, 1.82) is 0 Å². The Kier molecular flexibility index (Phi) is 3.08. The minimum absolute atomic E-state index is 0.101. The maximum Gasteiger partial charge on any atom is 0.274 e. The highest BCUT2D eigenvalue weighted by Gasteiger charge is 2.43. The average molecular weight is 263 g/mol. The number of nitrogen functional groups attached to an aromatic ring is 1. The Hall–Kier alpha value is -1.73. The standard InChI is InChI=1S/C12H17N5O2/c13-16-11-6-14-10(5-15-11)12(19)17-7-1-2-8(17)4-9(18)3-7/h5-9,18H,1-4,13H2,(H,15,16). The molecule has 0 saturated carbocycles. The molecule has 2 saturated heterocycles. The highest BCUT2D eigenvalue weighted by atomic mass is 16.3. The Balaban J connectivity index is 1.80. The monoisotopic (exact) mass is 263 g/mol. The van der Waals surface area contributed by atoms with Gasteiger partial charge in [-0.25, -0.2) is 15.8 Å². The van der Waals surface area contributed by atoms with Crippen LogP contribution in [0.1, 0.15) is 36.2 Å². The van der Waals surface area contributed by atoms with Crippen molar-refractivity contribution in [2.24, 2.45) is 5.84 Å². The van der Waals surface area contributed by atoms with E-state index in [1.165, 1.54) is 12.4 Å². The lowest BCUT2D eigenvalue weighted by molar-refractivity contribution is 0.0282. The fourth-order valence-electron chi connectivity index (χ4n) is 3.13. The van der Waals surface area contributed by atoms with E-state index >= 15 is 0 Å². The van der Waals surface area contributed by atoms with E-state index in [0.29, 0.717) is 24.4 Å². The molecule has 1 aromatic heterocycles. The van der Waals surface area contributed by atoms with Gasteiger partial charge in [-0.2, -0.15) is 0 Å². The summed E-state index contributed by atoms with van der Waals surface area (Å²) < 4.78 is 0. The molecular formula is C12H17N5O2. The zero-order chi connectivity index (χ0) is 13.4. The van der Waals surface area contributed by atoms with Crippen LogP contribution in [0.3, 0.4) is 0 Å². The van der Waals surface area contributed by atoms with E-state index in [-0.39, 0.29) is 24.1 Å². The van der Waals surface area contributed by atoms with Crippen LogP contribution in [0.15, 0.2) is 12.4 Å². The molecule has 1 aromatic rings. The van der Waals surface area contributed by atoms with E-state index in [1.807, 2.05) is 4.90 Å². The first-order valence-corrected chi connectivity index (χ1v) is 6.48. The number of hydrogen-bond acceptors (Lipinski definition) is 6. The third kappa shape index (κ3) is 2.15. The van der Waals surface area contributed by atoms with Gasteiger partial charge in [-0.3, -0.25) is 4.79 Å². The van der Waals surface area contributed by atoms with E-state index in [9.17, 15) is 9.90 Å². The van der Waals surface area contributed by atoms with Gasteiger partial charge in [0.2, 0.25) is 0 Å². The summed E-state index contributed by atoms with van der Waals surface area (Å²) in [6, 6.07) is 0.269. The first kappa shape index (κ1) is 12.3. The number of nitrogens with two attached hydrogens (primary N) is 1. The first-order chi connectivity index (χ1) is 9.19. The summed E-state index contributed by atoms with van der Waals surface area (Å²) in [5.74, 6) is 5.54. The van der Waals surface area contributed by atoms with Crippen molar-refractivity contribution in [1.82, 2.24) is 14.9 Å². The van der Waals surface area contributed by atoms with Crippen LogP contribution in [0.25, 0.3) is 0 Å². The minimum atomic E-state index is -0.281. The summed E-state index contributed by atoms with van der Waals surface area (Å²) in [5, 5.41) is 9.74. The van der Waals surface area contributed by atoms with Crippen molar-refractivity contribution in [3.05, 3.63) is 18.1 Å². The zero-order valence-electron chi connectivity index (χ0n) is 10.5. The van der Waals surface area contributed by atoms with Gasteiger partial charge in [-0.1, -0.05) is 0 Å². The normalized spacial score (nSPS) is 29.4. The quantitative estimate of drug-likeness (QED) is 0.508. The molecule has 0 aromatic carbocycles. The Morgan fingerprint density at radius 3 is 2.53 bits per heavy atom. The largest absolute Gasteiger partial charge is 0.393 e. The average Bonchev–Trinajstić information content (AvgIpc) is 2.70. The number of hydrazine groups is 1. The fourth-order valence-corrected chi connectivity index (χ4v) is 3.13. The van der Waals surface area contributed by atoms with Gasteiger partial charge >= 0.3 is 0 Å². The fraction of sp³-hybridized carbons (Fsp3) is 0.583. The predicted octanol–water partition coefficient (Wildman–Crippen LogP) is -0.110. The van der Waals surface area contributed by atoms with Crippen LogP contribution in [0.4, 0.5) is 5.82 Å². The molecule has 2 aliphatic heterocycles. The summed E-state index contributed by atoms with van der Waals surface area (Å²) in [7, 11) is 0. The molecule has 7 heteroatoms. The minimum Gasteiger partial charge on any atom is -0.393 e. The van der Waals surface area contributed by atoms with Gasteiger partial charge in [0.05, 0.1) is 18.5 Å². The van der Waals surface area contributed by atoms with Crippen molar-refractivity contribution in [2.45, 2.75) is 43.9 Å². The van der Waals surface area contributed by atoms with Gasteiger partial charge in [0.1, 0.15) is 5.69 Å². The summed E-state index contributed by atoms with van der Waals surface area (Å²) in [6.45, 7) is 0. The molecular weight excluding hydrogens is 246 g/mol. The zero-order valence-corrected chi connectivity index (χ0v) is 10.5. The van der Waals surface area contributed by atoms with Crippen molar-refractivity contribution < 1.29 is 9.90 Å².